The molecule has 2 aromatic heterocycles. The van der Waals surface area contributed by atoms with Crippen molar-refractivity contribution in [2.24, 2.45) is 0 Å². The van der Waals surface area contributed by atoms with E-state index >= 15 is 0 Å². The number of aryl methyl sites for hydroxylation is 1. The monoisotopic (exact) mass is 299 g/mol. The number of nitrogens with zero attached hydrogens (tertiary/aromatic N) is 3. The Labute approximate surface area is 126 Å². The number of aromatic nitrogens is 3. The van der Waals surface area contributed by atoms with Crippen molar-refractivity contribution < 1.29 is 4.39 Å². The molecule has 0 bridgehead atoms. The lowest BCUT2D eigenvalue weighted by atomic mass is 10.0. The van der Waals surface area contributed by atoms with Crippen molar-refractivity contribution in [3.63, 3.8) is 0 Å². The Kier molecular flexibility index (Phi) is 3.62. The van der Waals surface area contributed by atoms with Crippen LogP contribution in [-0.4, -0.2) is 15.0 Å². The number of halogens is 2. The van der Waals surface area contributed by atoms with Crippen molar-refractivity contribution in [2.45, 2.75) is 6.92 Å². The topological polar surface area (TPSA) is 38.7 Å². The van der Waals surface area contributed by atoms with E-state index in [9.17, 15) is 4.39 Å². The van der Waals surface area contributed by atoms with E-state index in [0.717, 1.165) is 16.8 Å². The van der Waals surface area contributed by atoms with E-state index in [2.05, 4.69) is 15.0 Å². The molecule has 104 valence electrons. The van der Waals surface area contributed by atoms with Crippen molar-refractivity contribution in [3.8, 4) is 22.5 Å². The minimum Gasteiger partial charge on any atom is -0.256 e. The van der Waals surface area contributed by atoms with Crippen molar-refractivity contribution in [1.29, 1.82) is 0 Å². The van der Waals surface area contributed by atoms with E-state index in [1.165, 1.54) is 6.07 Å². The molecule has 0 fully saturated rings. The van der Waals surface area contributed by atoms with Crippen LogP contribution in [0.15, 0.2) is 48.8 Å². The van der Waals surface area contributed by atoms with Gasteiger partial charge in [0.05, 0.1) is 11.4 Å². The van der Waals surface area contributed by atoms with E-state index in [0.29, 0.717) is 11.3 Å². The summed E-state index contributed by atoms with van der Waals surface area (Å²) in [6.45, 7) is 1.73. The molecule has 0 saturated carbocycles. The molecule has 0 saturated heterocycles. The molecule has 21 heavy (non-hydrogen) atoms. The summed E-state index contributed by atoms with van der Waals surface area (Å²) in [4.78, 5) is 12.5. The lowest BCUT2D eigenvalue weighted by Gasteiger charge is -2.09. The standard InChI is InChI=1S/C16H11ClFN3/c1-10-9-11(4-5-13(10)18)15-12(3-2-7-19-15)14-6-8-20-16(17)21-14/h2-9H,1H3. The summed E-state index contributed by atoms with van der Waals surface area (Å²) < 4.78 is 13.4. The average molecular weight is 300 g/mol. The summed E-state index contributed by atoms with van der Waals surface area (Å²) in [5.41, 5.74) is 3.65. The molecule has 0 aliphatic carbocycles. The van der Waals surface area contributed by atoms with Crippen molar-refractivity contribution >= 4 is 11.6 Å². The van der Waals surface area contributed by atoms with Gasteiger partial charge in [0.25, 0.3) is 0 Å². The van der Waals surface area contributed by atoms with Crippen LogP contribution in [0.3, 0.4) is 0 Å². The molecular weight excluding hydrogens is 289 g/mol. The third-order valence-electron chi connectivity index (χ3n) is 3.14. The summed E-state index contributed by atoms with van der Waals surface area (Å²) in [5.74, 6) is -0.235. The molecule has 0 radical (unpaired) electrons. The summed E-state index contributed by atoms with van der Waals surface area (Å²) >= 11 is 5.85. The molecule has 0 unspecified atom stereocenters. The molecule has 5 heteroatoms. The smallest absolute Gasteiger partial charge is 0.222 e. The lowest BCUT2D eigenvalue weighted by molar-refractivity contribution is 0.619. The van der Waals surface area contributed by atoms with Gasteiger partial charge in [-0.3, -0.25) is 4.98 Å². The first kappa shape index (κ1) is 13.6. The van der Waals surface area contributed by atoms with Crippen LogP contribution in [0.25, 0.3) is 22.5 Å². The van der Waals surface area contributed by atoms with Gasteiger partial charge in [-0.2, -0.15) is 0 Å². The lowest BCUT2D eigenvalue weighted by Crippen LogP contribution is -1.93. The summed E-state index contributed by atoms with van der Waals surface area (Å²) in [6.07, 6.45) is 3.29. The van der Waals surface area contributed by atoms with Crippen LogP contribution < -0.4 is 0 Å². The number of hydrogen-bond acceptors (Lipinski definition) is 3. The van der Waals surface area contributed by atoms with Crippen LogP contribution in [0, 0.1) is 12.7 Å². The predicted octanol–water partition coefficient (Wildman–Crippen LogP) is 4.31. The highest BCUT2D eigenvalue weighted by atomic mass is 35.5. The van der Waals surface area contributed by atoms with Gasteiger partial charge in [0, 0.05) is 23.5 Å². The molecule has 0 aliphatic heterocycles. The van der Waals surface area contributed by atoms with E-state index < -0.39 is 0 Å². The number of rotatable bonds is 2. The third-order valence-corrected chi connectivity index (χ3v) is 3.32. The molecule has 0 atom stereocenters. The molecule has 0 spiro atoms. The number of hydrogen-bond donors (Lipinski definition) is 0. The average Bonchev–Trinajstić information content (AvgIpc) is 2.50. The van der Waals surface area contributed by atoms with Crippen LogP contribution in [0.5, 0.6) is 0 Å². The van der Waals surface area contributed by atoms with Crippen molar-refractivity contribution in [3.05, 3.63) is 65.5 Å². The van der Waals surface area contributed by atoms with Crippen LogP contribution in [0.2, 0.25) is 5.28 Å². The Bertz CT molecular complexity index is 805. The molecule has 0 amide bonds. The fourth-order valence-electron chi connectivity index (χ4n) is 2.12. The quantitative estimate of drug-likeness (QED) is 0.662. The van der Waals surface area contributed by atoms with Gasteiger partial charge < -0.3 is 0 Å². The molecule has 0 N–H and O–H groups in total. The number of benzene rings is 1. The van der Waals surface area contributed by atoms with Gasteiger partial charge in [-0.15, -0.1) is 0 Å². The highest BCUT2D eigenvalue weighted by molar-refractivity contribution is 6.28. The highest BCUT2D eigenvalue weighted by Gasteiger charge is 2.11. The minimum absolute atomic E-state index is 0.178. The Morgan fingerprint density at radius 3 is 2.67 bits per heavy atom. The molecular formula is C16H11ClFN3. The van der Waals surface area contributed by atoms with Gasteiger partial charge in [-0.25, -0.2) is 14.4 Å². The molecule has 3 rings (SSSR count). The van der Waals surface area contributed by atoms with Gasteiger partial charge in [-0.1, -0.05) is 0 Å². The Balaban J connectivity index is 2.18. The van der Waals surface area contributed by atoms with Gasteiger partial charge in [-0.05, 0) is 60.5 Å². The summed E-state index contributed by atoms with van der Waals surface area (Å²) in [7, 11) is 0. The first-order chi connectivity index (χ1) is 10.1. The van der Waals surface area contributed by atoms with E-state index in [4.69, 9.17) is 11.6 Å². The second-order valence-electron chi connectivity index (χ2n) is 4.57. The van der Waals surface area contributed by atoms with Gasteiger partial charge in [0.2, 0.25) is 5.28 Å². The molecule has 3 nitrogen and oxygen atoms in total. The largest absolute Gasteiger partial charge is 0.256 e. The summed E-state index contributed by atoms with van der Waals surface area (Å²) in [5, 5.41) is 0.178. The maximum Gasteiger partial charge on any atom is 0.222 e. The Morgan fingerprint density at radius 2 is 1.90 bits per heavy atom. The van der Waals surface area contributed by atoms with Crippen LogP contribution >= 0.6 is 11.6 Å². The Morgan fingerprint density at radius 1 is 1.05 bits per heavy atom. The number of pyridine rings is 1. The first-order valence-corrected chi connectivity index (χ1v) is 6.73. The van der Waals surface area contributed by atoms with Gasteiger partial charge in [0.15, 0.2) is 0 Å². The van der Waals surface area contributed by atoms with Crippen LogP contribution in [0.4, 0.5) is 4.39 Å². The highest BCUT2D eigenvalue weighted by Crippen LogP contribution is 2.30. The van der Waals surface area contributed by atoms with Crippen molar-refractivity contribution in [2.75, 3.05) is 0 Å². The first-order valence-electron chi connectivity index (χ1n) is 6.35. The second kappa shape index (κ2) is 5.58. The Hall–Kier alpha value is -2.33. The molecule has 1 aromatic carbocycles. The van der Waals surface area contributed by atoms with Crippen molar-refractivity contribution in [1.82, 2.24) is 15.0 Å². The van der Waals surface area contributed by atoms with E-state index in [1.54, 1.807) is 37.5 Å². The zero-order chi connectivity index (χ0) is 14.8. The SMILES string of the molecule is Cc1cc(-c2ncccc2-c2ccnc(Cl)n2)ccc1F. The minimum atomic E-state index is -0.235. The zero-order valence-electron chi connectivity index (χ0n) is 11.2. The maximum absolute atomic E-state index is 13.4. The van der Waals surface area contributed by atoms with Crippen LogP contribution in [-0.2, 0) is 0 Å². The van der Waals surface area contributed by atoms with E-state index in [-0.39, 0.29) is 11.1 Å². The predicted molar refractivity (Wildman–Crippen MR) is 80.4 cm³/mol. The normalized spacial score (nSPS) is 10.6. The fraction of sp³-hybridized carbons (Fsp3) is 0.0625. The third kappa shape index (κ3) is 2.76. The fourth-order valence-corrected chi connectivity index (χ4v) is 2.27. The molecule has 2 heterocycles. The molecule has 0 aliphatic rings. The molecule has 3 aromatic rings. The van der Waals surface area contributed by atoms with E-state index in [1.807, 2.05) is 12.1 Å². The van der Waals surface area contributed by atoms with Gasteiger partial charge in [0.1, 0.15) is 5.82 Å². The zero-order valence-corrected chi connectivity index (χ0v) is 12.0. The second-order valence-corrected chi connectivity index (χ2v) is 4.91. The van der Waals surface area contributed by atoms with Crippen LogP contribution in [0.1, 0.15) is 5.56 Å². The maximum atomic E-state index is 13.4. The summed E-state index contributed by atoms with van der Waals surface area (Å²) in [6, 6.07) is 10.4. The van der Waals surface area contributed by atoms with Gasteiger partial charge >= 0.3 is 0 Å².